The monoisotopic (exact) mass is 226 g/mol. The number of hydrogen-bond donors (Lipinski definition) is 2. The van der Waals surface area contributed by atoms with Crippen molar-refractivity contribution in [3.63, 3.8) is 0 Å². The zero-order chi connectivity index (χ0) is 12.0. The van der Waals surface area contributed by atoms with Gasteiger partial charge >= 0.3 is 0 Å². The fourth-order valence-electron chi connectivity index (χ4n) is 2.41. The van der Waals surface area contributed by atoms with Crippen LogP contribution in [0.3, 0.4) is 0 Å². The maximum atomic E-state index is 11.5. The lowest BCUT2D eigenvalue weighted by atomic mass is 9.81. The summed E-state index contributed by atoms with van der Waals surface area (Å²) >= 11 is 0. The Morgan fingerprint density at radius 3 is 2.31 bits per heavy atom. The molecule has 1 aliphatic carbocycles. The fourth-order valence-corrected chi connectivity index (χ4v) is 2.41. The number of nitrogens with one attached hydrogen (secondary N) is 1. The molecule has 16 heavy (non-hydrogen) atoms. The van der Waals surface area contributed by atoms with Crippen molar-refractivity contribution in [2.24, 2.45) is 17.6 Å². The van der Waals surface area contributed by atoms with Crippen molar-refractivity contribution >= 4 is 5.91 Å². The van der Waals surface area contributed by atoms with E-state index in [4.69, 9.17) is 5.73 Å². The molecule has 0 aromatic rings. The van der Waals surface area contributed by atoms with E-state index in [1.165, 1.54) is 32.1 Å². The van der Waals surface area contributed by atoms with Crippen LogP contribution >= 0.6 is 0 Å². The number of carbonyl (C=O) groups excluding carboxylic acids is 1. The predicted molar refractivity (Wildman–Crippen MR) is 67.0 cm³/mol. The van der Waals surface area contributed by atoms with E-state index >= 15 is 0 Å². The van der Waals surface area contributed by atoms with Gasteiger partial charge in [0.2, 0.25) is 5.91 Å². The summed E-state index contributed by atoms with van der Waals surface area (Å²) in [5.41, 5.74) is 5.66. The van der Waals surface area contributed by atoms with Gasteiger partial charge in [0.05, 0.1) is 6.04 Å². The lowest BCUT2D eigenvalue weighted by molar-refractivity contribution is -0.122. The first-order valence-electron chi connectivity index (χ1n) is 6.70. The molecule has 94 valence electrons. The van der Waals surface area contributed by atoms with E-state index in [0.29, 0.717) is 12.3 Å². The largest absolute Gasteiger partial charge is 0.354 e. The summed E-state index contributed by atoms with van der Waals surface area (Å²) in [6.45, 7) is 5.03. The molecule has 0 heterocycles. The number of rotatable bonds is 5. The van der Waals surface area contributed by atoms with Gasteiger partial charge in [-0.15, -0.1) is 0 Å². The molecule has 3 nitrogen and oxygen atoms in total. The summed E-state index contributed by atoms with van der Waals surface area (Å²) < 4.78 is 0. The molecule has 0 saturated heterocycles. The molecular weight excluding hydrogens is 200 g/mol. The van der Waals surface area contributed by atoms with Crippen LogP contribution in [-0.2, 0) is 4.79 Å². The van der Waals surface area contributed by atoms with E-state index in [1.54, 1.807) is 0 Å². The van der Waals surface area contributed by atoms with E-state index in [1.807, 2.05) is 6.92 Å². The number of amides is 1. The zero-order valence-corrected chi connectivity index (χ0v) is 10.7. The second-order valence-electron chi connectivity index (χ2n) is 5.05. The maximum Gasteiger partial charge on any atom is 0.236 e. The molecule has 0 spiro atoms. The van der Waals surface area contributed by atoms with Gasteiger partial charge in [0, 0.05) is 6.54 Å². The van der Waals surface area contributed by atoms with Crippen LogP contribution < -0.4 is 11.1 Å². The van der Waals surface area contributed by atoms with Crippen molar-refractivity contribution in [3.8, 4) is 0 Å². The Morgan fingerprint density at radius 2 is 1.81 bits per heavy atom. The second kappa shape index (κ2) is 6.89. The summed E-state index contributed by atoms with van der Waals surface area (Å²) in [7, 11) is 0. The molecule has 1 saturated carbocycles. The van der Waals surface area contributed by atoms with E-state index < -0.39 is 0 Å². The van der Waals surface area contributed by atoms with Gasteiger partial charge in [-0.1, -0.05) is 33.1 Å². The highest BCUT2D eigenvalue weighted by molar-refractivity contribution is 5.81. The number of carbonyl (C=O) groups is 1. The number of nitrogens with two attached hydrogens (primary N) is 1. The summed E-state index contributed by atoms with van der Waals surface area (Å²) in [5, 5.41) is 2.97. The highest BCUT2D eigenvalue weighted by Gasteiger charge is 2.20. The molecule has 0 bridgehead atoms. The Bertz CT molecular complexity index is 210. The van der Waals surface area contributed by atoms with Gasteiger partial charge in [-0.2, -0.15) is 0 Å². The predicted octanol–water partition coefficient (Wildman–Crippen LogP) is 2.06. The molecule has 1 rings (SSSR count). The Labute approximate surface area is 99.2 Å². The molecule has 1 amide bonds. The third kappa shape index (κ3) is 4.12. The van der Waals surface area contributed by atoms with Gasteiger partial charge in [-0.25, -0.2) is 0 Å². The quantitative estimate of drug-likeness (QED) is 0.754. The maximum absolute atomic E-state index is 11.5. The van der Waals surface area contributed by atoms with Crippen LogP contribution in [0.25, 0.3) is 0 Å². The standard InChI is InChI=1S/C13H26N2O/c1-3-10-5-7-11(8-6-10)9-15-13(16)12(14)4-2/h10-12H,3-9,14H2,1-2H3,(H,15,16). The van der Waals surface area contributed by atoms with Crippen molar-refractivity contribution < 1.29 is 4.79 Å². The zero-order valence-electron chi connectivity index (χ0n) is 10.7. The summed E-state index contributed by atoms with van der Waals surface area (Å²) in [6, 6.07) is -0.327. The van der Waals surface area contributed by atoms with Crippen LogP contribution in [-0.4, -0.2) is 18.5 Å². The smallest absolute Gasteiger partial charge is 0.236 e. The lowest BCUT2D eigenvalue weighted by Gasteiger charge is -2.28. The molecule has 3 heteroatoms. The molecule has 0 radical (unpaired) electrons. The average Bonchev–Trinajstić information content (AvgIpc) is 2.35. The molecule has 3 N–H and O–H groups in total. The Morgan fingerprint density at radius 1 is 1.25 bits per heavy atom. The van der Waals surface area contributed by atoms with E-state index in [9.17, 15) is 4.79 Å². The first-order chi connectivity index (χ1) is 7.67. The van der Waals surface area contributed by atoms with E-state index in [2.05, 4.69) is 12.2 Å². The first kappa shape index (κ1) is 13.5. The van der Waals surface area contributed by atoms with Crippen LogP contribution in [0.2, 0.25) is 0 Å². The van der Waals surface area contributed by atoms with Crippen molar-refractivity contribution in [2.45, 2.75) is 58.4 Å². The van der Waals surface area contributed by atoms with Crippen molar-refractivity contribution in [1.82, 2.24) is 5.32 Å². The lowest BCUT2D eigenvalue weighted by Crippen LogP contribution is -2.42. The molecule has 0 aromatic heterocycles. The van der Waals surface area contributed by atoms with E-state index in [0.717, 1.165) is 12.5 Å². The topological polar surface area (TPSA) is 55.1 Å². The molecule has 1 aliphatic rings. The average molecular weight is 226 g/mol. The van der Waals surface area contributed by atoms with Gasteiger partial charge in [0.15, 0.2) is 0 Å². The van der Waals surface area contributed by atoms with Gasteiger partial charge in [0.25, 0.3) is 0 Å². The van der Waals surface area contributed by atoms with Gasteiger partial charge in [-0.3, -0.25) is 4.79 Å². The van der Waals surface area contributed by atoms with Crippen LogP contribution in [0.15, 0.2) is 0 Å². The van der Waals surface area contributed by atoms with Crippen molar-refractivity contribution in [2.75, 3.05) is 6.54 Å². The van der Waals surface area contributed by atoms with Gasteiger partial charge < -0.3 is 11.1 Å². The Balaban J connectivity index is 2.17. The summed E-state index contributed by atoms with van der Waals surface area (Å²) in [5.74, 6) is 1.61. The highest BCUT2D eigenvalue weighted by Crippen LogP contribution is 2.29. The molecule has 1 atom stereocenters. The van der Waals surface area contributed by atoms with Gasteiger partial charge in [-0.05, 0) is 31.1 Å². The molecule has 1 fully saturated rings. The third-order valence-corrected chi connectivity index (χ3v) is 3.89. The van der Waals surface area contributed by atoms with Crippen LogP contribution in [0.4, 0.5) is 0 Å². The molecule has 0 aromatic carbocycles. The number of hydrogen-bond acceptors (Lipinski definition) is 2. The minimum absolute atomic E-state index is 0.0140. The van der Waals surface area contributed by atoms with Crippen molar-refractivity contribution in [3.05, 3.63) is 0 Å². The molecular formula is C13H26N2O. The Kier molecular flexibility index (Phi) is 5.81. The normalized spacial score (nSPS) is 27.4. The third-order valence-electron chi connectivity index (χ3n) is 3.89. The molecule has 1 unspecified atom stereocenters. The minimum atomic E-state index is -0.327. The first-order valence-corrected chi connectivity index (χ1v) is 6.70. The van der Waals surface area contributed by atoms with Gasteiger partial charge in [0.1, 0.15) is 0 Å². The molecule has 0 aliphatic heterocycles. The highest BCUT2D eigenvalue weighted by atomic mass is 16.2. The van der Waals surface area contributed by atoms with Crippen LogP contribution in [0, 0.1) is 11.8 Å². The SMILES string of the molecule is CCC1CCC(CNC(=O)C(N)CC)CC1. The Hall–Kier alpha value is -0.570. The summed E-state index contributed by atoms with van der Waals surface area (Å²) in [6.07, 6.45) is 7.21. The van der Waals surface area contributed by atoms with Crippen molar-refractivity contribution in [1.29, 1.82) is 0 Å². The summed E-state index contributed by atoms with van der Waals surface area (Å²) in [4.78, 5) is 11.5. The van der Waals surface area contributed by atoms with Crippen LogP contribution in [0.5, 0.6) is 0 Å². The second-order valence-corrected chi connectivity index (χ2v) is 5.05. The minimum Gasteiger partial charge on any atom is -0.354 e. The van der Waals surface area contributed by atoms with E-state index in [-0.39, 0.29) is 11.9 Å². The van der Waals surface area contributed by atoms with Crippen LogP contribution in [0.1, 0.15) is 52.4 Å². The fraction of sp³-hybridized carbons (Fsp3) is 0.923.